The Hall–Kier alpha value is -3.93. The standard InChI is InChI=1S/C26H26N2O4/c1-18-7-5-6-10-22(18)17-28(23(26(31)32)15-16-24(27)29)25(30)21-13-11-20(12-14-21)19-8-3-2-4-9-19/h2-14,23H,15-17H2,1H3,(H2,27,29)(H,31,32)/t23-/m0/s1. The van der Waals surface area contributed by atoms with Gasteiger partial charge in [0.2, 0.25) is 5.91 Å². The van der Waals surface area contributed by atoms with Gasteiger partial charge in [-0.3, -0.25) is 9.59 Å². The van der Waals surface area contributed by atoms with Gasteiger partial charge in [0.05, 0.1) is 0 Å². The van der Waals surface area contributed by atoms with E-state index in [9.17, 15) is 19.5 Å². The molecule has 0 aliphatic carbocycles. The van der Waals surface area contributed by atoms with Crippen molar-refractivity contribution in [1.29, 1.82) is 0 Å². The average molecular weight is 431 g/mol. The predicted octanol–water partition coefficient (Wildman–Crippen LogP) is 4.02. The summed E-state index contributed by atoms with van der Waals surface area (Å²) in [5, 5.41) is 9.85. The van der Waals surface area contributed by atoms with Gasteiger partial charge in [-0.05, 0) is 47.7 Å². The SMILES string of the molecule is Cc1ccccc1CN(C(=O)c1ccc(-c2ccccc2)cc1)[C@@H](CCC(N)=O)C(=O)O. The molecule has 0 spiro atoms. The summed E-state index contributed by atoms with van der Waals surface area (Å²) < 4.78 is 0. The molecule has 0 unspecified atom stereocenters. The van der Waals surface area contributed by atoms with Crippen LogP contribution < -0.4 is 5.73 Å². The summed E-state index contributed by atoms with van der Waals surface area (Å²) in [6.07, 6.45) is -0.175. The molecule has 32 heavy (non-hydrogen) atoms. The summed E-state index contributed by atoms with van der Waals surface area (Å²) in [6.45, 7) is 2.02. The van der Waals surface area contributed by atoms with E-state index in [1.54, 1.807) is 12.1 Å². The molecule has 0 aliphatic rings. The molecule has 0 bridgehead atoms. The van der Waals surface area contributed by atoms with Gasteiger partial charge in [-0.2, -0.15) is 0 Å². The molecule has 0 heterocycles. The highest BCUT2D eigenvalue weighted by atomic mass is 16.4. The first-order valence-corrected chi connectivity index (χ1v) is 10.4. The molecule has 6 heteroatoms. The van der Waals surface area contributed by atoms with Gasteiger partial charge in [-0.25, -0.2) is 4.79 Å². The molecular weight excluding hydrogens is 404 g/mol. The number of carbonyl (C=O) groups excluding carboxylic acids is 2. The van der Waals surface area contributed by atoms with Crippen LogP contribution in [0, 0.1) is 6.92 Å². The van der Waals surface area contributed by atoms with Gasteiger partial charge < -0.3 is 15.7 Å². The topological polar surface area (TPSA) is 101 Å². The zero-order chi connectivity index (χ0) is 23.1. The van der Waals surface area contributed by atoms with E-state index in [-0.39, 0.29) is 19.4 Å². The van der Waals surface area contributed by atoms with E-state index in [0.717, 1.165) is 22.3 Å². The Morgan fingerprint density at radius 3 is 2.06 bits per heavy atom. The van der Waals surface area contributed by atoms with Crippen LogP contribution in [0.4, 0.5) is 0 Å². The van der Waals surface area contributed by atoms with Gasteiger partial charge in [-0.1, -0.05) is 66.7 Å². The summed E-state index contributed by atoms with van der Waals surface area (Å²) in [4.78, 5) is 38.1. The fraction of sp³-hybridized carbons (Fsp3) is 0.192. The van der Waals surface area contributed by atoms with Crippen molar-refractivity contribution in [2.45, 2.75) is 32.4 Å². The van der Waals surface area contributed by atoms with Crippen molar-refractivity contribution >= 4 is 17.8 Å². The summed E-state index contributed by atoms with van der Waals surface area (Å²) in [7, 11) is 0. The number of hydrogen-bond acceptors (Lipinski definition) is 3. The Morgan fingerprint density at radius 2 is 1.47 bits per heavy atom. The second-order valence-electron chi connectivity index (χ2n) is 7.66. The Kier molecular flexibility index (Phi) is 7.39. The van der Waals surface area contributed by atoms with E-state index < -0.39 is 23.8 Å². The molecule has 2 amide bonds. The fourth-order valence-corrected chi connectivity index (χ4v) is 3.59. The number of carbonyl (C=O) groups is 3. The highest BCUT2D eigenvalue weighted by Gasteiger charge is 2.31. The highest BCUT2D eigenvalue weighted by Crippen LogP contribution is 2.22. The molecule has 1 atom stereocenters. The van der Waals surface area contributed by atoms with Crippen LogP contribution in [0.3, 0.4) is 0 Å². The van der Waals surface area contributed by atoms with Gasteiger partial charge in [-0.15, -0.1) is 0 Å². The molecule has 0 saturated carbocycles. The third kappa shape index (κ3) is 5.60. The second kappa shape index (κ2) is 10.4. The zero-order valence-electron chi connectivity index (χ0n) is 17.9. The summed E-state index contributed by atoms with van der Waals surface area (Å²) in [6, 6.07) is 23.2. The lowest BCUT2D eigenvalue weighted by atomic mass is 10.0. The maximum Gasteiger partial charge on any atom is 0.326 e. The lowest BCUT2D eigenvalue weighted by molar-refractivity contribution is -0.143. The average Bonchev–Trinajstić information content (AvgIpc) is 2.79. The second-order valence-corrected chi connectivity index (χ2v) is 7.66. The molecule has 0 aliphatic heterocycles. The van der Waals surface area contributed by atoms with E-state index in [1.165, 1.54) is 4.90 Å². The van der Waals surface area contributed by atoms with Crippen molar-refractivity contribution in [3.05, 3.63) is 95.6 Å². The number of nitrogens with zero attached hydrogens (tertiary/aromatic N) is 1. The van der Waals surface area contributed by atoms with Crippen molar-refractivity contribution in [2.75, 3.05) is 0 Å². The van der Waals surface area contributed by atoms with Gasteiger partial charge in [0, 0.05) is 18.5 Å². The van der Waals surface area contributed by atoms with Crippen LogP contribution in [0.2, 0.25) is 0 Å². The fourth-order valence-electron chi connectivity index (χ4n) is 3.59. The van der Waals surface area contributed by atoms with Crippen LogP contribution in [0.1, 0.15) is 34.3 Å². The smallest absolute Gasteiger partial charge is 0.326 e. The monoisotopic (exact) mass is 430 g/mol. The van der Waals surface area contributed by atoms with Crippen LogP contribution in [-0.4, -0.2) is 33.8 Å². The number of benzene rings is 3. The predicted molar refractivity (Wildman–Crippen MR) is 123 cm³/mol. The lowest BCUT2D eigenvalue weighted by Gasteiger charge is -2.30. The first-order valence-electron chi connectivity index (χ1n) is 10.4. The molecule has 0 saturated heterocycles. The maximum absolute atomic E-state index is 13.4. The number of rotatable bonds is 9. The summed E-state index contributed by atoms with van der Waals surface area (Å²) in [5.41, 5.74) is 9.38. The summed E-state index contributed by atoms with van der Waals surface area (Å²) >= 11 is 0. The van der Waals surface area contributed by atoms with Crippen LogP contribution in [-0.2, 0) is 16.1 Å². The Morgan fingerprint density at radius 1 is 0.875 bits per heavy atom. The maximum atomic E-state index is 13.4. The van der Waals surface area contributed by atoms with E-state index >= 15 is 0 Å². The number of aliphatic carboxylic acids is 1. The first-order chi connectivity index (χ1) is 15.4. The normalized spacial score (nSPS) is 11.5. The van der Waals surface area contributed by atoms with Gasteiger partial charge in [0.15, 0.2) is 0 Å². The van der Waals surface area contributed by atoms with Crippen molar-refractivity contribution in [3.8, 4) is 11.1 Å². The molecule has 3 rings (SSSR count). The molecule has 0 radical (unpaired) electrons. The Bertz CT molecular complexity index is 1090. The molecule has 164 valence electrons. The van der Waals surface area contributed by atoms with E-state index in [0.29, 0.717) is 5.56 Å². The molecule has 0 aromatic heterocycles. The minimum Gasteiger partial charge on any atom is -0.480 e. The van der Waals surface area contributed by atoms with Crippen LogP contribution >= 0.6 is 0 Å². The third-order valence-corrected chi connectivity index (χ3v) is 5.43. The molecule has 3 N–H and O–H groups in total. The van der Waals surface area contributed by atoms with Gasteiger partial charge >= 0.3 is 5.97 Å². The minimum absolute atomic E-state index is 0.0512. The summed E-state index contributed by atoms with van der Waals surface area (Å²) in [5.74, 6) is -2.19. The number of primary amides is 1. The lowest BCUT2D eigenvalue weighted by Crippen LogP contribution is -2.45. The van der Waals surface area contributed by atoms with Crippen molar-refractivity contribution < 1.29 is 19.5 Å². The quantitative estimate of drug-likeness (QED) is 0.535. The van der Waals surface area contributed by atoms with E-state index in [4.69, 9.17) is 5.73 Å². The number of carboxylic acids is 1. The third-order valence-electron chi connectivity index (χ3n) is 5.43. The minimum atomic E-state index is -1.18. The van der Waals surface area contributed by atoms with Crippen LogP contribution in [0.5, 0.6) is 0 Å². The van der Waals surface area contributed by atoms with Crippen LogP contribution in [0.25, 0.3) is 11.1 Å². The van der Waals surface area contributed by atoms with Crippen molar-refractivity contribution in [3.63, 3.8) is 0 Å². The number of hydrogen-bond donors (Lipinski definition) is 2. The van der Waals surface area contributed by atoms with Crippen LogP contribution in [0.15, 0.2) is 78.9 Å². The molecule has 3 aromatic carbocycles. The Balaban J connectivity index is 1.93. The molecular formula is C26H26N2O4. The zero-order valence-corrected chi connectivity index (χ0v) is 17.9. The largest absolute Gasteiger partial charge is 0.480 e. The molecule has 0 fully saturated rings. The first kappa shape index (κ1) is 22.7. The van der Waals surface area contributed by atoms with Crippen molar-refractivity contribution in [1.82, 2.24) is 4.90 Å². The Labute approximate surface area is 187 Å². The number of aryl methyl sites for hydroxylation is 1. The van der Waals surface area contributed by atoms with Crippen molar-refractivity contribution in [2.24, 2.45) is 5.73 Å². The molecule has 3 aromatic rings. The van der Waals surface area contributed by atoms with E-state index in [2.05, 4.69) is 0 Å². The number of nitrogens with two attached hydrogens (primary N) is 1. The number of carboxylic acid groups (broad SMARTS) is 1. The van der Waals surface area contributed by atoms with Gasteiger partial charge in [0.1, 0.15) is 6.04 Å². The molecule has 6 nitrogen and oxygen atoms in total. The highest BCUT2D eigenvalue weighted by molar-refractivity contribution is 5.97. The van der Waals surface area contributed by atoms with E-state index in [1.807, 2.05) is 73.7 Å². The number of amides is 2. The van der Waals surface area contributed by atoms with Gasteiger partial charge in [0.25, 0.3) is 5.91 Å².